The van der Waals surface area contributed by atoms with Crippen LogP contribution in [0.4, 0.5) is 0 Å². The molecule has 1 aliphatic heterocycles. The van der Waals surface area contributed by atoms with Gasteiger partial charge in [0.25, 0.3) is 0 Å². The Bertz CT molecular complexity index is 390. The molecule has 0 aromatic heterocycles. The van der Waals surface area contributed by atoms with Crippen molar-refractivity contribution in [2.45, 2.75) is 12.5 Å². The van der Waals surface area contributed by atoms with Crippen LogP contribution in [0.15, 0.2) is 24.3 Å². The quantitative estimate of drug-likeness (QED) is 0.596. The van der Waals surface area contributed by atoms with E-state index in [2.05, 4.69) is 0 Å². The molecule has 98 valence electrons. The molecular weight excluding hydrogens is 250 g/mol. The molecular formula is C13H17NO3S. The predicted octanol–water partition coefficient (Wildman–Crippen LogP) is 1.31. The summed E-state index contributed by atoms with van der Waals surface area (Å²) in [6, 6.07) is 7.77. The maximum absolute atomic E-state index is 5.56. The highest BCUT2D eigenvalue weighted by Crippen LogP contribution is 2.13. The Hall–Kier alpha value is -1.17. The van der Waals surface area contributed by atoms with Crippen molar-refractivity contribution in [3.63, 3.8) is 0 Å². The first-order valence-corrected chi connectivity index (χ1v) is 6.34. The van der Waals surface area contributed by atoms with Gasteiger partial charge in [-0.2, -0.15) is 0 Å². The van der Waals surface area contributed by atoms with E-state index in [4.69, 9.17) is 32.2 Å². The fourth-order valence-corrected chi connectivity index (χ4v) is 1.76. The molecule has 5 heteroatoms. The molecule has 1 aliphatic rings. The van der Waals surface area contributed by atoms with Crippen LogP contribution in [-0.4, -0.2) is 37.5 Å². The molecule has 1 aromatic carbocycles. The summed E-state index contributed by atoms with van der Waals surface area (Å²) in [5.74, 6) is 0.829. The van der Waals surface area contributed by atoms with E-state index in [0.717, 1.165) is 11.3 Å². The summed E-state index contributed by atoms with van der Waals surface area (Å²) in [5, 5.41) is 0. The predicted molar refractivity (Wildman–Crippen MR) is 73.0 cm³/mol. The number of benzene rings is 1. The number of nitrogens with two attached hydrogens (primary N) is 1. The van der Waals surface area contributed by atoms with Crippen LogP contribution in [-0.2, 0) is 15.9 Å². The van der Waals surface area contributed by atoms with Gasteiger partial charge in [0, 0.05) is 6.42 Å². The fraction of sp³-hybridized carbons (Fsp3) is 0.462. The maximum Gasteiger partial charge on any atom is 0.119 e. The lowest BCUT2D eigenvalue weighted by atomic mass is 10.1. The lowest BCUT2D eigenvalue weighted by Crippen LogP contribution is -2.37. The number of rotatable bonds is 7. The summed E-state index contributed by atoms with van der Waals surface area (Å²) in [4.78, 5) is 0.500. The Morgan fingerprint density at radius 3 is 2.56 bits per heavy atom. The van der Waals surface area contributed by atoms with Gasteiger partial charge in [-0.25, -0.2) is 0 Å². The highest BCUT2D eigenvalue weighted by Gasteiger charge is 2.18. The first kappa shape index (κ1) is 13.3. The second kappa shape index (κ2) is 6.68. The van der Waals surface area contributed by atoms with E-state index in [9.17, 15) is 0 Å². The lowest BCUT2D eigenvalue weighted by molar-refractivity contribution is -0.132. The topological polar surface area (TPSA) is 53.7 Å². The summed E-state index contributed by atoms with van der Waals surface area (Å²) < 4.78 is 16.1. The zero-order valence-corrected chi connectivity index (χ0v) is 10.9. The van der Waals surface area contributed by atoms with Crippen LogP contribution in [0.2, 0.25) is 0 Å². The van der Waals surface area contributed by atoms with Crippen molar-refractivity contribution in [2.24, 2.45) is 5.73 Å². The molecule has 4 nitrogen and oxygen atoms in total. The Labute approximate surface area is 112 Å². The second-order valence-corrected chi connectivity index (χ2v) is 4.69. The van der Waals surface area contributed by atoms with E-state index >= 15 is 0 Å². The van der Waals surface area contributed by atoms with Crippen molar-refractivity contribution in [3.8, 4) is 5.75 Å². The molecule has 0 aliphatic carbocycles. The highest BCUT2D eigenvalue weighted by molar-refractivity contribution is 7.80. The molecule has 1 saturated heterocycles. The summed E-state index contributed by atoms with van der Waals surface area (Å²) in [6.45, 7) is 2.54. The zero-order valence-electron chi connectivity index (χ0n) is 10.1. The van der Waals surface area contributed by atoms with E-state index in [1.54, 1.807) is 0 Å². The summed E-state index contributed by atoms with van der Waals surface area (Å²) in [5.41, 5.74) is 6.58. The summed E-state index contributed by atoms with van der Waals surface area (Å²) in [7, 11) is 0. The molecule has 0 radical (unpaired) electrons. The summed E-state index contributed by atoms with van der Waals surface area (Å²) >= 11 is 4.86. The third-order valence-corrected chi connectivity index (χ3v) is 2.76. The van der Waals surface area contributed by atoms with Gasteiger partial charge in [0.2, 0.25) is 0 Å². The molecule has 0 spiro atoms. The van der Waals surface area contributed by atoms with Gasteiger partial charge in [0.1, 0.15) is 18.5 Å². The average Bonchev–Trinajstić information content (AvgIpc) is 2.28. The minimum atomic E-state index is 0.251. The number of hydrogen-bond acceptors (Lipinski definition) is 4. The van der Waals surface area contributed by atoms with Gasteiger partial charge in [-0.05, 0) is 17.7 Å². The van der Waals surface area contributed by atoms with Gasteiger partial charge in [0.15, 0.2) is 0 Å². The van der Waals surface area contributed by atoms with Crippen molar-refractivity contribution in [1.29, 1.82) is 0 Å². The van der Waals surface area contributed by atoms with Gasteiger partial charge < -0.3 is 19.9 Å². The number of thiocarbonyl (C=S) groups is 1. The Balaban J connectivity index is 1.67. The van der Waals surface area contributed by atoms with Gasteiger partial charge >= 0.3 is 0 Å². The molecule has 1 fully saturated rings. The highest BCUT2D eigenvalue weighted by atomic mass is 32.1. The zero-order chi connectivity index (χ0) is 12.8. The minimum absolute atomic E-state index is 0.251. The van der Waals surface area contributed by atoms with Crippen molar-refractivity contribution in [2.75, 3.05) is 26.4 Å². The Morgan fingerprint density at radius 1 is 1.28 bits per heavy atom. The van der Waals surface area contributed by atoms with Crippen molar-refractivity contribution >= 4 is 17.2 Å². The second-order valence-electron chi connectivity index (χ2n) is 4.17. The van der Waals surface area contributed by atoms with Crippen LogP contribution in [0.3, 0.4) is 0 Å². The fourth-order valence-electron chi connectivity index (χ4n) is 1.59. The van der Waals surface area contributed by atoms with E-state index < -0.39 is 0 Å². The van der Waals surface area contributed by atoms with Crippen molar-refractivity contribution in [3.05, 3.63) is 29.8 Å². The lowest BCUT2D eigenvalue weighted by Gasteiger charge is -2.25. The van der Waals surface area contributed by atoms with Gasteiger partial charge in [-0.3, -0.25) is 0 Å². The third kappa shape index (κ3) is 4.25. The smallest absolute Gasteiger partial charge is 0.119 e. The molecule has 1 aromatic rings. The van der Waals surface area contributed by atoms with E-state index in [1.807, 2.05) is 24.3 Å². The van der Waals surface area contributed by atoms with Crippen LogP contribution >= 0.6 is 12.2 Å². The van der Waals surface area contributed by atoms with Gasteiger partial charge in [-0.1, -0.05) is 24.4 Å². The van der Waals surface area contributed by atoms with E-state index in [-0.39, 0.29) is 6.10 Å². The number of ether oxygens (including phenoxy) is 3. The van der Waals surface area contributed by atoms with Crippen molar-refractivity contribution < 1.29 is 14.2 Å². The molecule has 0 amide bonds. The van der Waals surface area contributed by atoms with Gasteiger partial charge in [0.05, 0.1) is 24.8 Å². The average molecular weight is 267 g/mol. The van der Waals surface area contributed by atoms with Crippen LogP contribution in [0, 0.1) is 0 Å². The first-order valence-electron chi connectivity index (χ1n) is 5.93. The van der Waals surface area contributed by atoms with Gasteiger partial charge in [-0.15, -0.1) is 0 Å². The SMILES string of the molecule is NC(=S)Cc1ccc(OCCOC2COC2)cc1. The van der Waals surface area contributed by atoms with Crippen molar-refractivity contribution in [1.82, 2.24) is 0 Å². The Kier molecular flexibility index (Phi) is 4.92. The normalized spacial score (nSPS) is 15.1. The molecule has 0 bridgehead atoms. The third-order valence-electron chi connectivity index (χ3n) is 2.61. The van der Waals surface area contributed by atoms with Crippen LogP contribution in [0.1, 0.15) is 5.56 Å². The number of hydrogen-bond donors (Lipinski definition) is 1. The maximum atomic E-state index is 5.56. The standard InChI is InChI=1S/C13H17NO3S/c14-13(18)7-10-1-3-11(4-2-10)16-5-6-17-12-8-15-9-12/h1-4,12H,5-9H2,(H2,14,18). The van der Waals surface area contributed by atoms with Crippen LogP contribution < -0.4 is 10.5 Å². The van der Waals surface area contributed by atoms with Crippen LogP contribution in [0.5, 0.6) is 5.75 Å². The molecule has 0 unspecified atom stereocenters. The molecule has 1 heterocycles. The minimum Gasteiger partial charge on any atom is -0.491 e. The molecule has 0 saturated carbocycles. The van der Waals surface area contributed by atoms with Crippen LogP contribution in [0.25, 0.3) is 0 Å². The monoisotopic (exact) mass is 267 g/mol. The first-order chi connectivity index (χ1) is 8.74. The molecule has 2 rings (SSSR count). The molecule has 0 atom stereocenters. The Morgan fingerprint density at radius 2 is 2.00 bits per heavy atom. The molecule has 18 heavy (non-hydrogen) atoms. The summed E-state index contributed by atoms with van der Waals surface area (Å²) in [6.07, 6.45) is 0.877. The largest absolute Gasteiger partial charge is 0.491 e. The molecule has 2 N–H and O–H groups in total. The van der Waals surface area contributed by atoms with E-state index in [1.165, 1.54) is 0 Å². The van der Waals surface area contributed by atoms with E-state index in [0.29, 0.717) is 37.8 Å².